The van der Waals surface area contributed by atoms with Gasteiger partial charge in [0, 0.05) is 35.6 Å². The van der Waals surface area contributed by atoms with Crippen molar-refractivity contribution >= 4 is 11.4 Å². The molecule has 0 bridgehead atoms. The van der Waals surface area contributed by atoms with Crippen molar-refractivity contribution in [3.63, 3.8) is 0 Å². The molecule has 0 spiro atoms. The highest BCUT2D eigenvalue weighted by Gasteiger charge is 2.16. The lowest BCUT2D eigenvalue weighted by molar-refractivity contribution is 0.281. The number of benzene rings is 2. The molecule has 4 N–H and O–H groups in total. The predicted octanol–water partition coefficient (Wildman–Crippen LogP) is 1.74. The summed E-state index contributed by atoms with van der Waals surface area (Å²) >= 11 is 0. The maximum absolute atomic E-state index is 9.33. The average Bonchev–Trinajstić information content (AvgIpc) is 2.61. The maximum atomic E-state index is 9.33. The van der Waals surface area contributed by atoms with E-state index in [-0.39, 0.29) is 13.2 Å². The molecule has 0 unspecified atom stereocenters. The molecule has 2 rings (SSSR count). The van der Waals surface area contributed by atoms with Crippen LogP contribution in [-0.2, 0) is 0 Å². The number of rotatable bonds is 8. The van der Waals surface area contributed by atoms with E-state index < -0.39 is 0 Å². The number of hydrogen-bond donors (Lipinski definition) is 3. The van der Waals surface area contributed by atoms with Crippen LogP contribution in [0.4, 0.5) is 11.4 Å². The summed E-state index contributed by atoms with van der Waals surface area (Å²) in [4.78, 5) is 1.91. The largest absolute Gasteiger partial charge is 0.497 e. The van der Waals surface area contributed by atoms with Gasteiger partial charge in [-0.15, -0.1) is 0 Å². The van der Waals surface area contributed by atoms with Gasteiger partial charge in [0.15, 0.2) is 0 Å². The zero-order valence-corrected chi connectivity index (χ0v) is 14.0. The molecule has 0 radical (unpaired) electrons. The topological polar surface area (TPSA) is 88.2 Å². The van der Waals surface area contributed by atoms with E-state index in [1.54, 1.807) is 20.3 Å². The Labute approximate surface area is 142 Å². The zero-order chi connectivity index (χ0) is 17.5. The molecule has 0 fully saturated rings. The summed E-state index contributed by atoms with van der Waals surface area (Å²) in [6, 6.07) is 11.1. The van der Waals surface area contributed by atoms with Crippen LogP contribution in [0.3, 0.4) is 0 Å². The van der Waals surface area contributed by atoms with Crippen molar-refractivity contribution in [2.45, 2.75) is 0 Å². The van der Waals surface area contributed by atoms with E-state index >= 15 is 0 Å². The van der Waals surface area contributed by atoms with Crippen molar-refractivity contribution in [2.24, 2.45) is 0 Å². The fourth-order valence-electron chi connectivity index (χ4n) is 2.66. The predicted molar refractivity (Wildman–Crippen MR) is 95.8 cm³/mol. The van der Waals surface area contributed by atoms with Crippen LogP contribution in [0.5, 0.6) is 11.5 Å². The Balaban J connectivity index is 2.62. The second-order valence-corrected chi connectivity index (χ2v) is 5.28. The van der Waals surface area contributed by atoms with E-state index in [4.69, 9.17) is 15.2 Å². The Morgan fingerprint density at radius 2 is 1.62 bits per heavy atom. The summed E-state index contributed by atoms with van der Waals surface area (Å²) in [6.07, 6.45) is 0. The van der Waals surface area contributed by atoms with E-state index in [2.05, 4.69) is 0 Å². The van der Waals surface area contributed by atoms with Crippen LogP contribution in [0.1, 0.15) is 0 Å². The van der Waals surface area contributed by atoms with E-state index in [9.17, 15) is 10.2 Å². The molecule has 0 saturated heterocycles. The number of nitrogens with zero attached hydrogens (tertiary/aromatic N) is 1. The summed E-state index contributed by atoms with van der Waals surface area (Å²) < 4.78 is 10.8. The minimum absolute atomic E-state index is 0.0148. The van der Waals surface area contributed by atoms with Crippen LogP contribution in [0.2, 0.25) is 0 Å². The monoisotopic (exact) mass is 332 g/mol. The van der Waals surface area contributed by atoms with Crippen molar-refractivity contribution in [3.05, 3.63) is 36.4 Å². The van der Waals surface area contributed by atoms with Gasteiger partial charge in [0.25, 0.3) is 0 Å². The van der Waals surface area contributed by atoms with Gasteiger partial charge in [-0.3, -0.25) is 0 Å². The van der Waals surface area contributed by atoms with Gasteiger partial charge in [0.05, 0.1) is 27.4 Å². The molecule has 6 heteroatoms. The van der Waals surface area contributed by atoms with Crippen molar-refractivity contribution < 1.29 is 19.7 Å². The third-order valence-electron chi connectivity index (χ3n) is 3.80. The molecule has 0 heterocycles. The van der Waals surface area contributed by atoms with Gasteiger partial charge < -0.3 is 30.3 Å². The Morgan fingerprint density at radius 1 is 0.917 bits per heavy atom. The molecule has 0 atom stereocenters. The molecular weight excluding hydrogens is 308 g/mol. The number of ether oxygens (including phenoxy) is 2. The van der Waals surface area contributed by atoms with Crippen molar-refractivity contribution in [2.75, 3.05) is 51.2 Å². The fraction of sp³-hybridized carbons (Fsp3) is 0.333. The minimum atomic E-state index is -0.0148. The Bertz CT molecular complexity index is 670. The maximum Gasteiger partial charge on any atom is 0.127 e. The van der Waals surface area contributed by atoms with E-state index in [0.29, 0.717) is 30.3 Å². The molecule has 0 aliphatic heterocycles. The summed E-state index contributed by atoms with van der Waals surface area (Å²) in [7, 11) is 3.21. The first-order valence-corrected chi connectivity index (χ1v) is 7.73. The van der Waals surface area contributed by atoms with Crippen LogP contribution < -0.4 is 20.1 Å². The van der Waals surface area contributed by atoms with Gasteiger partial charge in [0.2, 0.25) is 0 Å². The van der Waals surface area contributed by atoms with Gasteiger partial charge in [0.1, 0.15) is 11.5 Å². The molecule has 130 valence electrons. The molecule has 2 aromatic rings. The highest BCUT2D eigenvalue weighted by molar-refractivity contribution is 5.85. The number of methoxy groups -OCH3 is 2. The summed E-state index contributed by atoms with van der Waals surface area (Å²) in [6.45, 7) is 0.783. The lowest BCUT2D eigenvalue weighted by atomic mass is 10.0. The average molecular weight is 332 g/mol. The third-order valence-corrected chi connectivity index (χ3v) is 3.80. The Morgan fingerprint density at radius 3 is 2.21 bits per heavy atom. The van der Waals surface area contributed by atoms with Crippen LogP contribution in [0, 0.1) is 0 Å². The van der Waals surface area contributed by atoms with Gasteiger partial charge >= 0.3 is 0 Å². The normalized spacial score (nSPS) is 10.5. The lowest BCUT2D eigenvalue weighted by Crippen LogP contribution is -2.30. The standard InChI is InChI=1S/C18H24N2O4/c1-23-14-4-6-18(24-2)16(12-14)15-11-13(19)3-5-17(15)20(7-9-21)8-10-22/h3-6,11-12,21-22H,7-10,19H2,1-2H3. The van der Waals surface area contributed by atoms with E-state index in [0.717, 1.165) is 16.8 Å². The SMILES string of the molecule is COc1ccc(OC)c(-c2cc(N)ccc2N(CCO)CCO)c1. The van der Waals surface area contributed by atoms with E-state index in [1.165, 1.54) is 0 Å². The fourth-order valence-corrected chi connectivity index (χ4v) is 2.66. The summed E-state index contributed by atoms with van der Waals surface area (Å²) in [5, 5.41) is 18.7. The van der Waals surface area contributed by atoms with Gasteiger partial charge in [-0.1, -0.05) is 0 Å². The van der Waals surface area contributed by atoms with Crippen molar-refractivity contribution in [3.8, 4) is 22.6 Å². The number of nitrogen functional groups attached to an aromatic ring is 1. The second-order valence-electron chi connectivity index (χ2n) is 5.28. The first-order valence-electron chi connectivity index (χ1n) is 7.73. The van der Waals surface area contributed by atoms with Gasteiger partial charge in [-0.05, 0) is 36.4 Å². The summed E-state index contributed by atoms with van der Waals surface area (Å²) in [5.41, 5.74) is 9.15. The molecule has 2 aromatic carbocycles. The highest BCUT2D eigenvalue weighted by atomic mass is 16.5. The molecule has 6 nitrogen and oxygen atoms in total. The Kier molecular flexibility index (Phi) is 6.28. The summed E-state index contributed by atoms with van der Waals surface area (Å²) in [5.74, 6) is 1.39. The second kappa shape index (κ2) is 8.42. The van der Waals surface area contributed by atoms with Crippen molar-refractivity contribution in [1.82, 2.24) is 0 Å². The van der Waals surface area contributed by atoms with Crippen LogP contribution in [0.25, 0.3) is 11.1 Å². The lowest BCUT2D eigenvalue weighted by Gasteiger charge is -2.26. The molecule has 0 aliphatic carbocycles. The first-order chi connectivity index (χ1) is 11.6. The number of nitrogens with two attached hydrogens (primary N) is 1. The van der Waals surface area contributed by atoms with E-state index in [1.807, 2.05) is 35.2 Å². The van der Waals surface area contributed by atoms with Crippen molar-refractivity contribution in [1.29, 1.82) is 0 Å². The molecule has 0 amide bonds. The quantitative estimate of drug-likeness (QED) is 0.638. The molecule has 0 aliphatic rings. The van der Waals surface area contributed by atoms with Crippen LogP contribution >= 0.6 is 0 Å². The number of hydrogen-bond acceptors (Lipinski definition) is 6. The smallest absolute Gasteiger partial charge is 0.127 e. The van der Waals surface area contributed by atoms with Crippen LogP contribution in [0.15, 0.2) is 36.4 Å². The van der Waals surface area contributed by atoms with Gasteiger partial charge in [-0.25, -0.2) is 0 Å². The number of aliphatic hydroxyl groups is 2. The zero-order valence-electron chi connectivity index (χ0n) is 14.0. The third kappa shape index (κ3) is 3.90. The van der Waals surface area contributed by atoms with Crippen LogP contribution in [-0.4, -0.2) is 50.7 Å². The molecular formula is C18H24N2O4. The molecule has 0 saturated carbocycles. The molecule has 0 aromatic heterocycles. The molecule has 24 heavy (non-hydrogen) atoms. The Hall–Kier alpha value is -2.44. The first kappa shape index (κ1) is 17.9. The minimum Gasteiger partial charge on any atom is -0.497 e. The highest BCUT2D eigenvalue weighted by Crippen LogP contribution is 2.40. The van der Waals surface area contributed by atoms with Gasteiger partial charge in [-0.2, -0.15) is 0 Å². The number of aliphatic hydroxyl groups excluding tert-OH is 2. The number of anilines is 2.